The molecule has 43 heavy (non-hydrogen) atoms. The Kier molecular flexibility index (Phi) is 8.75. The number of pyridine rings is 2. The van der Waals surface area contributed by atoms with Crippen LogP contribution in [0.5, 0.6) is 0 Å². The van der Waals surface area contributed by atoms with Gasteiger partial charge in [-0.05, 0) is 24.3 Å². The lowest BCUT2D eigenvalue weighted by Gasteiger charge is -2.46. The third-order valence-electron chi connectivity index (χ3n) is 7.45. The van der Waals surface area contributed by atoms with Gasteiger partial charge in [0, 0.05) is 12.4 Å². The Morgan fingerprint density at radius 1 is 0.628 bits per heavy atom. The van der Waals surface area contributed by atoms with E-state index in [4.69, 9.17) is 9.47 Å². The minimum atomic E-state index is -1.42. The van der Waals surface area contributed by atoms with E-state index in [1.807, 2.05) is 0 Å². The second-order valence-electron chi connectivity index (χ2n) is 10.1. The van der Waals surface area contributed by atoms with E-state index in [0.717, 1.165) is 11.8 Å². The van der Waals surface area contributed by atoms with Crippen molar-refractivity contribution in [3.8, 4) is 22.8 Å². The molecule has 0 aromatic carbocycles. The Labute approximate surface area is 248 Å². The van der Waals surface area contributed by atoms with E-state index in [9.17, 15) is 30.6 Å². The molecule has 6 heterocycles. The molecule has 0 radical (unpaired) electrons. The zero-order chi connectivity index (χ0) is 30.1. The summed E-state index contributed by atoms with van der Waals surface area (Å²) in [6.45, 7) is -1.15. The van der Waals surface area contributed by atoms with Gasteiger partial charge in [0.05, 0.1) is 37.0 Å². The van der Waals surface area contributed by atoms with Crippen LogP contribution in [0.1, 0.15) is 12.1 Å². The molecule has 4 aromatic heterocycles. The van der Waals surface area contributed by atoms with E-state index in [1.165, 1.54) is 21.8 Å². The summed E-state index contributed by atoms with van der Waals surface area (Å²) >= 11 is 0.867. The molecule has 2 aliphatic heterocycles. The summed E-state index contributed by atoms with van der Waals surface area (Å²) in [6, 6.07) is 8.35. The molecule has 4 aromatic rings. The Balaban J connectivity index is 1.25. The summed E-state index contributed by atoms with van der Waals surface area (Å²) in [5.41, 5.74) is -0.421. The van der Waals surface area contributed by atoms with Crippen LogP contribution in [-0.2, 0) is 9.47 Å². The first-order valence-corrected chi connectivity index (χ1v) is 14.4. The second kappa shape index (κ2) is 12.7. The maximum Gasteiger partial charge on any atom is 0.134 e. The van der Waals surface area contributed by atoms with Crippen LogP contribution in [0.3, 0.4) is 0 Å². The number of aromatic nitrogens is 8. The van der Waals surface area contributed by atoms with Gasteiger partial charge in [0.15, 0.2) is 0 Å². The lowest BCUT2D eigenvalue weighted by Crippen LogP contribution is -2.58. The molecule has 6 N–H and O–H groups in total. The van der Waals surface area contributed by atoms with Crippen LogP contribution in [0.15, 0.2) is 61.2 Å². The predicted octanol–water partition coefficient (Wildman–Crippen LogP) is -1.61. The molecule has 2 saturated heterocycles. The average Bonchev–Trinajstić information content (AvgIpc) is 3.72. The van der Waals surface area contributed by atoms with Crippen molar-refractivity contribution in [2.45, 2.75) is 59.6 Å². The Morgan fingerprint density at radius 2 is 1.07 bits per heavy atom. The van der Waals surface area contributed by atoms with Gasteiger partial charge in [0.1, 0.15) is 71.0 Å². The zero-order valence-electron chi connectivity index (χ0n) is 22.4. The number of aliphatic hydroxyl groups excluding tert-OH is 6. The number of ether oxygens (including phenoxy) is 2. The lowest BCUT2D eigenvalue weighted by atomic mass is 9.97. The highest BCUT2D eigenvalue weighted by Gasteiger charge is 2.51. The summed E-state index contributed by atoms with van der Waals surface area (Å²) in [5, 5.41) is 81.1. The number of aliphatic hydroxyl groups is 6. The SMILES string of the molecule is OCC1OC(S[C@@H]2O[C@H](CO)C(O)C(n3cc(-c4ccccn4)nn3)C2O)[C@@H](O)C(n2cc(-c3ccccn3)nn2)C1O. The van der Waals surface area contributed by atoms with Crippen molar-refractivity contribution in [1.29, 1.82) is 0 Å². The first-order chi connectivity index (χ1) is 20.9. The van der Waals surface area contributed by atoms with Crippen LogP contribution >= 0.6 is 11.8 Å². The highest BCUT2D eigenvalue weighted by molar-refractivity contribution is 8.00. The number of nitrogens with zero attached hydrogens (tertiary/aromatic N) is 8. The zero-order valence-corrected chi connectivity index (χ0v) is 23.3. The number of hydrogen-bond donors (Lipinski definition) is 6. The Hall–Kier alpha value is -3.39. The third kappa shape index (κ3) is 5.78. The van der Waals surface area contributed by atoms with Gasteiger partial charge in [-0.3, -0.25) is 9.97 Å². The summed E-state index contributed by atoms with van der Waals surface area (Å²) in [7, 11) is 0. The third-order valence-corrected chi connectivity index (χ3v) is 8.77. The van der Waals surface area contributed by atoms with E-state index in [1.54, 1.807) is 48.8 Å². The van der Waals surface area contributed by atoms with E-state index in [2.05, 4.69) is 30.6 Å². The molecule has 2 fully saturated rings. The summed E-state index contributed by atoms with van der Waals surface area (Å²) in [5.74, 6) is 0. The van der Waals surface area contributed by atoms with Gasteiger partial charge in [-0.2, -0.15) is 0 Å². The van der Waals surface area contributed by atoms with E-state index in [-0.39, 0.29) is 0 Å². The van der Waals surface area contributed by atoms with Gasteiger partial charge in [0.2, 0.25) is 0 Å². The molecule has 0 aliphatic carbocycles. The lowest BCUT2D eigenvalue weighted by molar-refractivity contribution is -0.189. The molecular formula is C26H30N8O8S. The van der Waals surface area contributed by atoms with Gasteiger partial charge >= 0.3 is 0 Å². The maximum atomic E-state index is 11.4. The van der Waals surface area contributed by atoms with Crippen molar-refractivity contribution in [2.24, 2.45) is 0 Å². The molecule has 0 saturated carbocycles. The Morgan fingerprint density at radius 3 is 1.44 bits per heavy atom. The van der Waals surface area contributed by atoms with Crippen LogP contribution in [0, 0.1) is 0 Å². The Bertz CT molecular complexity index is 1370. The van der Waals surface area contributed by atoms with Crippen LogP contribution in [0.2, 0.25) is 0 Å². The largest absolute Gasteiger partial charge is 0.394 e. The quantitative estimate of drug-likeness (QED) is 0.131. The van der Waals surface area contributed by atoms with E-state index >= 15 is 0 Å². The molecule has 228 valence electrons. The average molecular weight is 615 g/mol. The minimum Gasteiger partial charge on any atom is -0.394 e. The minimum absolute atomic E-state index is 0.405. The number of hydrogen-bond acceptors (Lipinski definition) is 15. The van der Waals surface area contributed by atoms with Crippen molar-refractivity contribution in [1.82, 2.24) is 40.0 Å². The second-order valence-corrected chi connectivity index (χ2v) is 11.3. The molecule has 16 nitrogen and oxygen atoms in total. The van der Waals surface area contributed by atoms with Crippen molar-refractivity contribution < 1.29 is 40.1 Å². The normalized spacial score (nSPS) is 33.0. The fourth-order valence-corrected chi connectivity index (χ4v) is 6.55. The van der Waals surface area contributed by atoms with Gasteiger partial charge in [-0.25, -0.2) is 9.36 Å². The molecule has 0 bridgehead atoms. The summed E-state index contributed by atoms with van der Waals surface area (Å²) in [4.78, 5) is 8.48. The molecule has 0 spiro atoms. The van der Waals surface area contributed by atoms with E-state index in [0.29, 0.717) is 22.8 Å². The number of rotatable bonds is 8. The fourth-order valence-electron chi connectivity index (χ4n) is 5.23. The van der Waals surface area contributed by atoms with Crippen LogP contribution in [-0.4, -0.2) is 131 Å². The molecule has 6 rings (SSSR count). The molecule has 7 unspecified atom stereocenters. The van der Waals surface area contributed by atoms with Crippen molar-refractivity contribution in [3.63, 3.8) is 0 Å². The molecule has 0 amide bonds. The smallest absolute Gasteiger partial charge is 0.134 e. The fraction of sp³-hybridized carbons (Fsp3) is 0.462. The van der Waals surface area contributed by atoms with E-state index < -0.39 is 72.8 Å². The number of thioether (sulfide) groups is 1. The molecular weight excluding hydrogens is 584 g/mol. The van der Waals surface area contributed by atoms with Gasteiger partial charge in [0.25, 0.3) is 0 Å². The molecule has 10 atom stereocenters. The van der Waals surface area contributed by atoms with Crippen molar-refractivity contribution in [3.05, 3.63) is 61.2 Å². The monoisotopic (exact) mass is 614 g/mol. The topological polar surface area (TPSA) is 227 Å². The summed E-state index contributed by atoms with van der Waals surface area (Å²) in [6.07, 6.45) is -1.59. The first kappa shape index (κ1) is 29.7. The highest BCUT2D eigenvalue weighted by atomic mass is 32.2. The first-order valence-electron chi connectivity index (χ1n) is 13.5. The molecule has 17 heteroatoms. The van der Waals surface area contributed by atoms with Crippen molar-refractivity contribution in [2.75, 3.05) is 13.2 Å². The standard InChI is InChI=1S/C26H30N8O8S/c35-11-17-21(37)19(33-9-15(29-31-33)13-5-1-3-7-27-13)23(39)25(41-17)43-26-24(40)20(22(38)18(12-36)42-26)34-10-16(30-32-34)14-6-2-4-8-28-14/h1-10,17-26,35-40H,11-12H2/t17-,18?,19?,20?,21?,22?,23?,24+,25+,26?/m1/s1. The molecule has 2 aliphatic rings. The maximum absolute atomic E-state index is 11.4. The van der Waals surface area contributed by atoms with Gasteiger partial charge < -0.3 is 40.1 Å². The predicted molar refractivity (Wildman–Crippen MR) is 148 cm³/mol. The van der Waals surface area contributed by atoms with Gasteiger partial charge in [-0.1, -0.05) is 34.3 Å². The van der Waals surface area contributed by atoms with Crippen molar-refractivity contribution >= 4 is 11.8 Å². The van der Waals surface area contributed by atoms with Crippen LogP contribution in [0.25, 0.3) is 22.8 Å². The van der Waals surface area contributed by atoms with Crippen LogP contribution < -0.4 is 0 Å². The van der Waals surface area contributed by atoms with Gasteiger partial charge in [-0.15, -0.1) is 10.2 Å². The van der Waals surface area contributed by atoms with Crippen LogP contribution in [0.4, 0.5) is 0 Å². The highest BCUT2D eigenvalue weighted by Crippen LogP contribution is 2.42. The summed E-state index contributed by atoms with van der Waals surface area (Å²) < 4.78 is 14.2.